The summed E-state index contributed by atoms with van der Waals surface area (Å²) in [6.07, 6.45) is 0. The van der Waals surface area contributed by atoms with Gasteiger partial charge in [0.25, 0.3) is 0 Å². The molecule has 1 rings (SSSR count). The van der Waals surface area contributed by atoms with Gasteiger partial charge in [0.15, 0.2) is 23.3 Å². The Kier molecular flexibility index (Phi) is 5.10. The molecule has 2 N–H and O–H groups in total. The van der Waals surface area contributed by atoms with Crippen molar-refractivity contribution < 1.29 is 22.3 Å². The van der Waals surface area contributed by atoms with E-state index in [-0.39, 0.29) is 12.5 Å². The maximum atomic E-state index is 13.5. The minimum atomic E-state index is -1.46. The summed E-state index contributed by atoms with van der Waals surface area (Å²) in [5.74, 6) is -5.66. The highest BCUT2D eigenvalue weighted by molar-refractivity contribution is 5.29. The second-order valence-electron chi connectivity index (χ2n) is 4.33. The highest BCUT2D eigenvalue weighted by atomic mass is 19.2. The zero-order chi connectivity index (χ0) is 13.9. The lowest BCUT2D eigenvalue weighted by atomic mass is 10.1. The molecular formula is C12H15F4NO. The van der Waals surface area contributed by atoms with Crippen LogP contribution in [0.15, 0.2) is 0 Å². The third kappa shape index (κ3) is 3.00. The highest BCUT2D eigenvalue weighted by Crippen LogP contribution is 2.24. The van der Waals surface area contributed by atoms with Gasteiger partial charge < -0.3 is 10.5 Å². The van der Waals surface area contributed by atoms with Crippen molar-refractivity contribution in [2.75, 3.05) is 6.61 Å². The van der Waals surface area contributed by atoms with Crippen LogP contribution in [0.4, 0.5) is 17.6 Å². The van der Waals surface area contributed by atoms with Crippen molar-refractivity contribution in [3.05, 3.63) is 34.4 Å². The van der Waals surface area contributed by atoms with E-state index in [2.05, 4.69) is 0 Å². The Hall–Kier alpha value is -1.14. The summed E-state index contributed by atoms with van der Waals surface area (Å²) >= 11 is 0. The van der Waals surface area contributed by atoms with Crippen molar-refractivity contribution in [2.24, 2.45) is 11.7 Å². The standard InChI is InChI=1S/C12H15F4NO/c1-6(2)4-18-5-8-11(15)9(13)7(3-17)10(14)12(8)16/h6H,3-5,17H2,1-2H3. The number of hydrogen-bond acceptors (Lipinski definition) is 2. The minimum absolute atomic E-state index is 0.147. The molecule has 102 valence electrons. The smallest absolute Gasteiger partial charge is 0.167 e. The largest absolute Gasteiger partial charge is 0.376 e. The van der Waals surface area contributed by atoms with Crippen LogP contribution in [0.25, 0.3) is 0 Å². The van der Waals surface area contributed by atoms with Crippen LogP contribution < -0.4 is 5.73 Å². The van der Waals surface area contributed by atoms with E-state index in [0.717, 1.165) is 0 Å². The molecule has 18 heavy (non-hydrogen) atoms. The van der Waals surface area contributed by atoms with Gasteiger partial charge in [-0.3, -0.25) is 0 Å². The molecule has 0 spiro atoms. The van der Waals surface area contributed by atoms with E-state index >= 15 is 0 Å². The first-order chi connectivity index (χ1) is 8.40. The summed E-state index contributed by atoms with van der Waals surface area (Å²) in [7, 11) is 0. The van der Waals surface area contributed by atoms with Crippen molar-refractivity contribution >= 4 is 0 Å². The van der Waals surface area contributed by atoms with E-state index in [0.29, 0.717) is 0 Å². The normalized spacial score (nSPS) is 11.3. The number of halogens is 4. The molecule has 0 aromatic heterocycles. The van der Waals surface area contributed by atoms with Crippen molar-refractivity contribution in [1.82, 2.24) is 0 Å². The van der Waals surface area contributed by atoms with Crippen molar-refractivity contribution in [3.8, 4) is 0 Å². The van der Waals surface area contributed by atoms with E-state index < -0.39 is 47.5 Å². The molecule has 0 aliphatic heterocycles. The second-order valence-corrected chi connectivity index (χ2v) is 4.33. The van der Waals surface area contributed by atoms with Crippen molar-refractivity contribution in [3.63, 3.8) is 0 Å². The Balaban J connectivity index is 3.05. The van der Waals surface area contributed by atoms with Gasteiger partial charge in [0.05, 0.1) is 12.2 Å². The molecule has 0 bridgehead atoms. The number of benzene rings is 1. The Bertz CT molecular complexity index is 406. The molecule has 0 heterocycles. The van der Waals surface area contributed by atoms with Crippen LogP contribution in [0, 0.1) is 29.2 Å². The van der Waals surface area contributed by atoms with Crippen molar-refractivity contribution in [1.29, 1.82) is 0 Å². The molecule has 6 heteroatoms. The quantitative estimate of drug-likeness (QED) is 0.656. The van der Waals surface area contributed by atoms with Crippen LogP contribution in [0.5, 0.6) is 0 Å². The molecule has 1 aromatic rings. The van der Waals surface area contributed by atoms with E-state index in [1.54, 1.807) is 0 Å². The molecular weight excluding hydrogens is 250 g/mol. The third-order valence-corrected chi connectivity index (χ3v) is 2.35. The predicted octanol–water partition coefficient (Wildman–Crippen LogP) is 2.87. The van der Waals surface area contributed by atoms with Gasteiger partial charge in [-0.15, -0.1) is 0 Å². The lowest BCUT2D eigenvalue weighted by Crippen LogP contribution is -2.13. The topological polar surface area (TPSA) is 35.2 Å². The maximum absolute atomic E-state index is 13.5. The molecule has 0 fully saturated rings. The zero-order valence-corrected chi connectivity index (χ0v) is 10.2. The van der Waals surface area contributed by atoms with Crippen LogP contribution in [0.3, 0.4) is 0 Å². The molecule has 1 aromatic carbocycles. The van der Waals surface area contributed by atoms with E-state index in [1.807, 2.05) is 13.8 Å². The second kappa shape index (κ2) is 6.15. The van der Waals surface area contributed by atoms with Crippen LogP contribution in [0.1, 0.15) is 25.0 Å². The van der Waals surface area contributed by atoms with Gasteiger partial charge in [0, 0.05) is 18.7 Å². The fraction of sp³-hybridized carbons (Fsp3) is 0.500. The van der Waals surface area contributed by atoms with Crippen LogP contribution in [0.2, 0.25) is 0 Å². The fourth-order valence-electron chi connectivity index (χ4n) is 1.43. The van der Waals surface area contributed by atoms with Crippen molar-refractivity contribution in [2.45, 2.75) is 27.0 Å². The van der Waals surface area contributed by atoms with Crippen LogP contribution in [-0.4, -0.2) is 6.61 Å². The lowest BCUT2D eigenvalue weighted by Gasteiger charge is -2.12. The SMILES string of the molecule is CC(C)COCc1c(F)c(F)c(CN)c(F)c1F. The first-order valence-electron chi connectivity index (χ1n) is 5.51. The van der Waals surface area contributed by atoms with Gasteiger partial charge in [0.2, 0.25) is 0 Å². The lowest BCUT2D eigenvalue weighted by molar-refractivity contribution is 0.0917. The van der Waals surface area contributed by atoms with E-state index in [1.165, 1.54) is 0 Å². The zero-order valence-electron chi connectivity index (χ0n) is 10.2. The van der Waals surface area contributed by atoms with Crippen LogP contribution in [-0.2, 0) is 17.9 Å². The predicted molar refractivity (Wildman–Crippen MR) is 58.7 cm³/mol. The maximum Gasteiger partial charge on any atom is 0.167 e. The molecule has 0 aliphatic carbocycles. The number of rotatable bonds is 5. The van der Waals surface area contributed by atoms with Gasteiger partial charge in [0.1, 0.15) is 0 Å². The minimum Gasteiger partial charge on any atom is -0.376 e. The summed E-state index contributed by atoms with van der Waals surface area (Å²) in [4.78, 5) is 0. The summed E-state index contributed by atoms with van der Waals surface area (Å²) in [5.41, 5.74) is 3.49. The molecule has 0 amide bonds. The Labute approximate surface area is 103 Å². The number of nitrogens with two attached hydrogens (primary N) is 1. The summed E-state index contributed by atoms with van der Waals surface area (Å²) in [5, 5.41) is 0. The number of ether oxygens (including phenoxy) is 1. The average molecular weight is 265 g/mol. The first-order valence-corrected chi connectivity index (χ1v) is 5.51. The summed E-state index contributed by atoms with van der Waals surface area (Å²) < 4.78 is 58.7. The fourth-order valence-corrected chi connectivity index (χ4v) is 1.43. The van der Waals surface area contributed by atoms with Gasteiger partial charge in [-0.25, -0.2) is 17.6 Å². The molecule has 0 atom stereocenters. The van der Waals surface area contributed by atoms with Gasteiger partial charge in [-0.05, 0) is 5.92 Å². The molecule has 2 nitrogen and oxygen atoms in total. The van der Waals surface area contributed by atoms with E-state index in [9.17, 15) is 17.6 Å². The monoisotopic (exact) mass is 265 g/mol. The van der Waals surface area contributed by atoms with Crippen LogP contribution >= 0.6 is 0 Å². The molecule has 0 aliphatic rings. The summed E-state index contributed by atoms with van der Waals surface area (Å²) in [6, 6.07) is 0. The van der Waals surface area contributed by atoms with Gasteiger partial charge >= 0.3 is 0 Å². The Morgan fingerprint density at radius 2 is 1.39 bits per heavy atom. The highest BCUT2D eigenvalue weighted by Gasteiger charge is 2.24. The molecule has 0 unspecified atom stereocenters. The van der Waals surface area contributed by atoms with Gasteiger partial charge in [-0.2, -0.15) is 0 Å². The number of hydrogen-bond donors (Lipinski definition) is 1. The Morgan fingerprint density at radius 1 is 0.944 bits per heavy atom. The molecule has 0 saturated carbocycles. The molecule has 0 saturated heterocycles. The third-order valence-electron chi connectivity index (χ3n) is 2.35. The first kappa shape index (κ1) is 14.9. The average Bonchev–Trinajstić information content (AvgIpc) is 2.31. The Morgan fingerprint density at radius 3 is 1.78 bits per heavy atom. The summed E-state index contributed by atoms with van der Waals surface area (Å²) in [6.45, 7) is 2.78. The van der Waals surface area contributed by atoms with E-state index in [4.69, 9.17) is 10.5 Å². The van der Waals surface area contributed by atoms with Gasteiger partial charge in [-0.1, -0.05) is 13.8 Å². The molecule has 0 radical (unpaired) electrons.